The number of rotatable bonds is 4. The number of aromatic hydroxyl groups is 1. The molecule has 0 saturated carbocycles. The summed E-state index contributed by atoms with van der Waals surface area (Å²) in [6.45, 7) is 2.73. The molecule has 1 heterocycles. The van der Waals surface area contributed by atoms with Crippen molar-refractivity contribution in [2.24, 2.45) is 5.92 Å². The summed E-state index contributed by atoms with van der Waals surface area (Å²) in [6.07, 6.45) is 2.96. The molecule has 0 unspecified atom stereocenters. The van der Waals surface area contributed by atoms with Crippen LogP contribution < -0.4 is 5.32 Å². The number of phenolic OH excluding ortho intramolecular Hbond substituents is 1. The van der Waals surface area contributed by atoms with Gasteiger partial charge in [-0.2, -0.15) is 0 Å². The third-order valence-corrected chi connectivity index (χ3v) is 3.67. The maximum absolute atomic E-state index is 13.8. The summed E-state index contributed by atoms with van der Waals surface area (Å²) >= 11 is 0. The van der Waals surface area contributed by atoms with Gasteiger partial charge in [0.25, 0.3) is 0 Å². The van der Waals surface area contributed by atoms with Crippen LogP contribution in [0.1, 0.15) is 24.0 Å². The molecule has 1 saturated heterocycles. The van der Waals surface area contributed by atoms with Crippen LogP contribution in [0.15, 0.2) is 12.1 Å². The zero-order valence-electron chi connectivity index (χ0n) is 11.7. The standard InChI is InChI=1S/C15H23FN2O/c1-18(2)10-12-8-13(15(19)14(16)9-12)7-11-3-5-17-6-4-11/h8-9,11,17,19H,3-7,10H2,1-2H3. The van der Waals surface area contributed by atoms with E-state index in [2.05, 4.69) is 5.32 Å². The molecule has 2 rings (SSSR count). The Labute approximate surface area is 114 Å². The van der Waals surface area contributed by atoms with Crippen LogP contribution in [-0.2, 0) is 13.0 Å². The first-order chi connectivity index (χ1) is 9.06. The average molecular weight is 266 g/mol. The molecule has 0 aromatic heterocycles. The molecular weight excluding hydrogens is 243 g/mol. The monoisotopic (exact) mass is 266 g/mol. The van der Waals surface area contributed by atoms with Gasteiger partial charge in [-0.15, -0.1) is 0 Å². The molecule has 0 radical (unpaired) electrons. The van der Waals surface area contributed by atoms with Crippen LogP contribution in [0, 0.1) is 11.7 Å². The molecule has 1 fully saturated rings. The van der Waals surface area contributed by atoms with Crippen molar-refractivity contribution in [1.29, 1.82) is 0 Å². The van der Waals surface area contributed by atoms with Crippen LogP contribution in [-0.4, -0.2) is 37.2 Å². The van der Waals surface area contributed by atoms with Crippen molar-refractivity contribution in [3.8, 4) is 5.75 Å². The molecule has 19 heavy (non-hydrogen) atoms. The van der Waals surface area contributed by atoms with E-state index in [9.17, 15) is 9.50 Å². The lowest BCUT2D eigenvalue weighted by Crippen LogP contribution is -2.28. The summed E-state index contributed by atoms with van der Waals surface area (Å²) in [5.41, 5.74) is 1.67. The normalized spacial score (nSPS) is 17.1. The maximum Gasteiger partial charge on any atom is 0.165 e. The molecule has 2 N–H and O–H groups in total. The third kappa shape index (κ3) is 3.91. The zero-order chi connectivity index (χ0) is 13.8. The van der Waals surface area contributed by atoms with Crippen LogP contribution in [0.25, 0.3) is 0 Å². The highest BCUT2D eigenvalue weighted by Crippen LogP contribution is 2.28. The van der Waals surface area contributed by atoms with Gasteiger partial charge in [0.1, 0.15) is 0 Å². The molecule has 1 aromatic carbocycles. The molecule has 0 bridgehead atoms. The third-order valence-electron chi connectivity index (χ3n) is 3.67. The Morgan fingerprint density at radius 1 is 1.32 bits per heavy atom. The minimum atomic E-state index is -0.497. The molecule has 1 aromatic rings. The van der Waals surface area contributed by atoms with Crippen LogP contribution in [0.3, 0.4) is 0 Å². The van der Waals surface area contributed by atoms with Crippen molar-refractivity contribution in [3.63, 3.8) is 0 Å². The average Bonchev–Trinajstić information content (AvgIpc) is 2.36. The van der Waals surface area contributed by atoms with Crippen molar-refractivity contribution in [2.45, 2.75) is 25.8 Å². The first-order valence-electron chi connectivity index (χ1n) is 6.92. The first kappa shape index (κ1) is 14.3. The Morgan fingerprint density at radius 2 is 2.00 bits per heavy atom. The van der Waals surface area contributed by atoms with Gasteiger partial charge in [0.15, 0.2) is 11.6 Å². The summed E-state index contributed by atoms with van der Waals surface area (Å²) in [5, 5.41) is 13.2. The Kier molecular flexibility index (Phi) is 4.77. The SMILES string of the molecule is CN(C)Cc1cc(F)c(O)c(CC2CCNCC2)c1. The number of phenols is 1. The Balaban J connectivity index is 2.15. The Morgan fingerprint density at radius 3 is 2.63 bits per heavy atom. The van der Waals surface area contributed by atoms with Crippen LogP contribution in [0.5, 0.6) is 5.75 Å². The highest BCUT2D eigenvalue weighted by atomic mass is 19.1. The lowest BCUT2D eigenvalue weighted by Gasteiger charge is -2.23. The molecular formula is C15H23FN2O. The van der Waals surface area contributed by atoms with E-state index in [0.717, 1.165) is 43.5 Å². The van der Waals surface area contributed by atoms with E-state index in [1.807, 2.05) is 25.1 Å². The molecule has 106 valence electrons. The van der Waals surface area contributed by atoms with E-state index in [4.69, 9.17) is 0 Å². The minimum Gasteiger partial charge on any atom is -0.505 e. The van der Waals surface area contributed by atoms with Crippen molar-refractivity contribution >= 4 is 0 Å². The van der Waals surface area contributed by atoms with E-state index < -0.39 is 5.82 Å². The van der Waals surface area contributed by atoms with E-state index in [0.29, 0.717) is 12.5 Å². The fourth-order valence-corrected chi connectivity index (χ4v) is 2.73. The van der Waals surface area contributed by atoms with Gasteiger partial charge in [0.2, 0.25) is 0 Å². The van der Waals surface area contributed by atoms with Gasteiger partial charge in [0, 0.05) is 6.54 Å². The van der Waals surface area contributed by atoms with Gasteiger partial charge >= 0.3 is 0 Å². The fraction of sp³-hybridized carbons (Fsp3) is 0.600. The summed E-state index contributed by atoms with van der Waals surface area (Å²) < 4.78 is 13.8. The molecule has 0 amide bonds. The molecule has 0 atom stereocenters. The zero-order valence-corrected chi connectivity index (χ0v) is 11.7. The molecule has 4 heteroatoms. The highest BCUT2D eigenvalue weighted by Gasteiger charge is 2.17. The van der Waals surface area contributed by atoms with Crippen LogP contribution in [0.2, 0.25) is 0 Å². The second kappa shape index (κ2) is 6.35. The number of benzene rings is 1. The quantitative estimate of drug-likeness (QED) is 0.876. The molecule has 0 aliphatic carbocycles. The molecule has 1 aliphatic rings. The second-order valence-corrected chi connectivity index (χ2v) is 5.72. The first-order valence-corrected chi connectivity index (χ1v) is 6.92. The minimum absolute atomic E-state index is 0.166. The summed E-state index contributed by atoms with van der Waals surface area (Å²) in [7, 11) is 3.91. The maximum atomic E-state index is 13.8. The van der Waals surface area contributed by atoms with Gasteiger partial charge in [-0.3, -0.25) is 0 Å². The Hall–Kier alpha value is -1.13. The second-order valence-electron chi connectivity index (χ2n) is 5.72. The summed E-state index contributed by atoms with van der Waals surface area (Å²) in [6, 6.07) is 3.38. The highest BCUT2D eigenvalue weighted by molar-refractivity contribution is 5.38. The number of piperidine rings is 1. The predicted molar refractivity (Wildman–Crippen MR) is 74.8 cm³/mol. The Bertz CT molecular complexity index is 428. The fourth-order valence-electron chi connectivity index (χ4n) is 2.73. The molecule has 3 nitrogen and oxygen atoms in total. The van der Waals surface area contributed by atoms with Gasteiger partial charge in [0.05, 0.1) is 0 Å². The van der Waals surface area contributed by atoms with E-state index in [1.54, 1.807) is 0 Å². The van der Waals surface area contributed by atoms with Crippen molar-refractivity contribution in [2.75, 3.05) is 27.2 Å². The lowest BCUT2D eigenvalue weighted by atomic mass is 9.90. The number of nitrogens with one attached hydrogen (secondary N) is 1. The van der Waals surface area contributed by atoms with E-state index in [-0.39, 0.29) is 5.75 Å². The van der Waals surface area contributed by atoms with Crippen molar-refractivity contribution < 1.29 is 9.50 Å². The predicted octanol–water partition coefficient (Wildman–Crippen LogP) is 2.13. The number of hydrogen-bond donors (Lipinski definition) is 2. The number of hydrogen-bond acceptors (Lipinski definition) is 3. The number of nitrogens with zero attached hydrogens (tertiary/aromatic N) is 1. The van der Waals surface area contributed by atoms with Crippen molar-refractivity contribution in [3.05, 3.63) is 29.1 Å². The molecule has 1 aliphatic heterocycles. The molecule has 0 spiro atoms. The van der Waals surface area contributed by atoms with Gasteiger partial charge in [-0.1, -0.05) is 6.07 Å². The lowest BCUT2D eigenvalue weighted by molar-refractivity contribution is 0.360. The van der Waals surface area contributed by atoms with Crippen molar-refractivity contribution in [1.82, 2.24) is 10.2 Å². The summed E-state index contributed by atoms with van der Waals surface area (Å²) in [4.78, 5) is 2.00. The topological polar surface area (TPSA) is 35.5 Å². The van der Waals surface area contributed by atoms with Gasteiger partial charge in [-0.25, -0.2) is 4.39 Å². The largest absolute Gasteiger partial charge is 0.505 e. The van der Waals surface area contributed by atoms with Gasteiger partial charge < -0.3 is 15.3 Å². The van der Waals surface area contributed by atoms with E-state index >= 15 is 0 Å². The van der Waals surface area contributed by atoms with Gasteiger partial charge in [-0.05, 0) is 69.6 Å². The summed E-state index contributed by atoms with van der Waals surface area (Å²) in [5.74, 6) is -0.120. The number of halogens is 1. The van der Waals surface area contributed by atoms with Crippen LogP contribution in [0.4, 0.5) is 4.39 Å². The van der Waals surface area contributed by atoms with Crippen LogP contribution >= 0.6 is 0 Å². The smallest absolute Gasteiger partial charge is 0.165 e. The van der Waals surface area contributed by atoms with E-state index in [1.165, 1.54) is 6.07 Å².